The molecule has 0 aliphatic carbocycles. The molecule has 0 spiro atoms. The molecule has 17 heavy (non-hydrogen) atoms. The van der Waals surface area contributed by atoms with Gasteiger partial charge >= 0.3 is 0 Å². The van der Waals surface area contributed by atoms with Gasteiger partial charge in [0.25, 0.3) is 0 Å². The molecule has 0 amide bonds. The van der Waals surface area contributed by atoms with E-state index in [0.717, 1.165) is 36.1 Å². The van der Waals surface area contributed by atoms with Crippen molar-refractivity contribution in [1.29, 1.82) is 0 Å². The molecule has 2 aromatic rings. The summed E-state index contributed by atoms with van der Waals surface area (Å²) in [5, 5.41) is 7.82. The van der Waals surface area contributed by atoms with Crippen LogP contribution in [0.5, 0.6) is 0 Å². The number of H-pyrrole nitrogens is 1. The van der Waals surface area contributed by atoms with Gasteiger partial charge in [0.05, 0.1) is 5.52 Å². The van der Waals surface area contributed by atoms with E-state index in [2.05, 4.69) is 15.6 Å². The highest BCUT2D eigenvalue weighted by Gasteiger charge is 2.15. The van der Waals surface area contributed by atoms with Crippen molar-refractivity contribution in [3.05, 3.63) is 40.7 Å². The molecule has 4 heteroatoms. The normalized spacial score (nSPS) is 19.6. The van der Waals surface area contributed by atoms with Gasteiger partial charge in [-0.15, -0.1) is 0 Å². The first-order valence-corrected chi connectivity index (χ1v) is 5.92. The Kier molecular flexibility index (Phi) is 2.57. The van der Waals surface area contributed by atoms with Crippen LogP contribution in [0.1, 0.15) is 6.42 Å². The Hall–Kier alpha value is -1.81. The minimum absolute atomic E-state index is 0.0582. The maximum Gasteiger partial charge on any atom is 0.250 e. The van der Waals surface area contributed by atoms with Crippen LogP contribution in [0.3, 0.4) is 0 Å². The number of pyridine rings is 1. The smallest absolute Gasteiger partial charge is 0.250 e. The van der Waals surface area contributed by atoms with Crippen LogP contribution in [-0.2, 0) is 0 Å². The van der Waals surface area contributed by atoms with Gasteiger partial charge in [-0.2, -0.15) is 0 Å². The fourth-order valence-corrected chi connectivity index (χ4v) is 2.32. The number of rotatable bonds is 2. The van der Waals surface area contributed by atoms with Crippen LogP contribution < -0.4 is 16.2 Å². The van der Waals surface area contributed by atoms with E-state index < -0.39 is 0 Å². The van der Waals surface area contributed by atoms with E-state index in [1.54, 1.807) is 6.07 Å². The molecule has 2 heterocycles. The molecule has 1 saturated heterocycles. The molecule has 3 N–H and O–H groups in total. The molecule has 0 radical (unpaired) electrons. The van der Waals surface area contributed by atoms with Crippen molar-refractivity contribution in [3.63, 3.8) is 0 Å². The molecule has 0 saturated carbocycles. The number of aromatic amines is 1. The summed E-state index contributed by atoms with van der Waals surface area (Å²) in [4.78, 5) is 14.4. The first-order chi connectivity index (χ1) is 8.33. The fraction of sp³-hybridized carbons (Fsp3) is 0.308. The van der Waals surface area contributed by atoms with Crippen molar-refractivity contribution in [2.45, 2.75) is 12.5 Å². The molecule has 1 aromatic heterocycles. The zero-order chi connectivity index (χ0) is 11.7. The van der Waals surface area contributed by atoms with Crippen molar-refractivity contribution in [3.8, 4) is 0 Å². The molecule has 1 atom stereocenters. The third-order valence-corrected chi connectivity index (χ3v) is 3.17. The summed E-state index contributed by atoms with van der Waals surface area (Å²) in [5.41, 5.74) is 1.75. The number of aromatic nitrogens is 1. The zero-order valence-electron chi connectivity index (χ0n) is 9.49. The van der Waals surface area contributed by atoms with E-state index in [1.165, 1.54) is 0 Å². The third kappa shape index (κ3) is 2.03. The van der Waals surface area contributed by atoms with Gasteiger partial charge in [0.15, 0.2) is 0 Å². The molecule has 3 rings (SSSR count). The number of benzene rings is 1. The molecule has 1 aliphatic rings. The Morgan fingerprint density at radius 3 is 3.00 bits per heavy atom. The van der Waals surface area contributed by atoms with Gasteiger partial charge in [-0.3, -0.25) is 4.79 Å². The van der Waals surface area contributed by atoms with Gasteiger partial charge in [0.1, 0.15) is 0 Å². The molecule has 4 nitrogen and oxygen atoms in total. The Bertz CT molecular complexity index is 584. The Morgan fingerprint density at radius 1 is 1.29 bits per heavy atom. The zero-order valence-corrected chi connectivity index (χ0v) is 9.49. The number of fused-ring (bicyclic) bond motifs is 1. The van der Waals surface area contributed by atoms with Crippen LogP contribution >= 0.6 is 0 Å². The lowest BCUT2D eigenvalue weighted by Crippen LogP contribution is -2.23. The van der Waals surface area contributed by atoms with Crippen LogP contribution in [0.4, 0.5) is 5.69 Å². The molecular weight excluding hydrogens is 214 g/mol. The summed E-state index contributed by atoms with van der Waals surface area (Å²) in [7, 11) is 0. The number of hydrogen-bond acceptors (Lipinski definition) is 3. The Balaban J connectivity index is 2.04. The van der Waals surface area contributed by atoms with Gasteiger partial charge in [-0.1, -0.05) is 18.2 Å². The first kappa shape index (κ1) is 10.4. The number of hydrogen-bond donors (Lipinski definition) is 3. The maximum absolute atomic E-state index is 11.6. The van der Waals surface area contributed by atoms with Gasteiger partial charge < -0.3 is 15.6 Å². The minimum atomic E-state index is -0.0582. The van der Waals surface area contributed by atoms with Crippen LogP contribution in [0.15, 0.2) is 35.1 Å². The highest BCUT2D eigenvalue weighted by molar-refractivity contribution is 5.90. The molecule has 0 bridgehead atoms. The lowest BCUT2D eigenvalue weighted by atomic mass is 10.1. The molecule has 1 aliphatic heterocycles. The number of para-hydroxylation sites is 1. The monoisotopic (exact) mass is 229 g/mol. The van der Waals surface area contributed by atoms with E-state index in [1.807, 2.05) is 24.3 Å². The van der Waals surface area contributed by atoms with Crippen molar-refractivity contribution >= 4 is 16.6 Å². The van der Waals surface area contributed by atoms with Gasteiger partial charge in [0, 0.05) is 29.7 Å². The average Bonchev–Trinajstić information content (AvgIpc) is 2.81. The van der Waals surface area contributed by atoms with E-state index >= 15 is 0 Å². The van der Waals surface area contributed by atoms with Crippen LogP contribution in [0.25, 0.3) is 10.9 Å². The Morgan fingerprint density at radius 2 is 2.18 bits per heavy atom. The maximum atomic E-state index is 11.6. The van der Waals surface area contributed by atoms with Gasteiger partial charge in [-0.05, 0) is 19.0 Å². The molecule has 88 valence electrons. The second-order valence-electron chi connectivity index (χ2n) is 4.43. The summed E-state index contributed by atoms with van der Waals surface area (Å²) >= 11 is 0. The Labute approximate surface area is 99.0 Å². The van der Waals surface area contributed by atoms with Gasteiger partial charge in [0.2, 0.25) is 5.56 Å². The van der Waals surface area contributed by atoms with Crippen molar-refractivity contribution < 1.29 is 0 Å². The summed E-state index contributed by atoms with van der Waals surface area (Å²) in [6, 6.07) is 9.92. The van der Waals surface area contributed by atoms with Crippen molar-refractivity contribution in [1.82, 2.24) is 10.3 Å². The number of anilines is 1. The summed E-state index contributed by atoms with van der Waals surface area (Å²) in [6.07, 6.45) is 1.10. The highest BCUT2D eigenvalue weighted by Crippen LogP contribution is 2.20. The fourth-order valence-electron chi connectivity index (χ4n) is 2.32. The van der Waals surface area contributed by atoms with Crippen LogP contribution in [0.2, 0.25) is 0 Å². The van der Waals surface area contributed by atoms with Crippen LogP contribution in [0, 0.1) is 0 Å². The predicted molar refractivity (Wildman–Crippen MR) is 69.5 cm³/mol. The van der Waals surface area contributed by atoms with Crippen molar-refractivity contribution in [2.75, 3.05) is 18.4 Å². The lowest BCUT2D eigenvalue weighted by Gasteiger charge is -2.14. The lowest BCUT2D eigenvalue weighted by molar-refractivity contribution is 0.794. The van der Waals surface area contributed by atoms with E-state index in [-0.39, 0.29) is 5.56 Å². The van der Waals surface area contributed by atoms with Crippen LogP contribution in [-0.4, -0.2) is 24.1 Å². The molecular formula is C13H15N3O. The average molecular weight is 229 g/mol. The second-order valence-corrected chi connectivity index (χ2v) is 4.43. The molecule has 1 unspecified atom stereocenters. The summed E-state index contributed by atoms with van der Waals surface area (Å²) < 4.78 is 0. The van der Waals surface area contributed by atoms with E-state index in [9.17, 15) is 4.79 Å². The standard InChI is InChI=1S/C13H15N3O/c17-13-7-12(15-9-5-6-14-8-9)10-3-1-2-4-11(10)16-13/h1-4,7,9,14H,5-6,8H2,(H2,15,16,17). The van der Waals surface area contributed by atoms with Crippen molar-refractivity contribution in [2.24, 2.45) is 0 Å². The quantitative estimate of drug-likeness (QED) is 0.727. The SMILES string of the molecule is O=c1cc(NC2CCNC2)c2ccccc2[nH]1. The highest BCUT2D eigenvalue weighted by atomic mass is 16.1. The summed E-state index contributed by atoms with van der Waals surface area (Å²) in [6.45, 7) is 2.00. The van der Waals surface area contributed by atoms with Gasteiger partial charge in [-0.25, -0.2) is 0 Å². The van der Waals surface area contributed by atoms with E-state index in [0.29, 0.717) is 6.04 Å². The molecule has 1 fully saturated rings. The third-order valence-electron chi connectivity index (χ3n) is 3.17. The first-order valence-electron chi connectivity index (χ1n) is 5.92. The second kappa shape index (κ2) is 4.22. The predicted octanol–water partition coefficient (Wildman–Crippen LogP) is 1.30. The van der Waals surface area contributed by atoms with E-state index in [4.69, 9.17) is 0 Å². The largest absolute Gasteiger partial charge is 0.380 e. The topological polar surface area (TPSA) is 56.9 Å². The number of nitrogens with one attached hydrogen (secondary N) is 3. The summed E-state index contributed by atoms with van der Waals surface area (Å²) in [5.74, 6) is 0. The minimum Gasteiger partial charge on any atom is -0.380 e. The molecule has 1 aromatic carbocycles.